The van der Waals surface area contributed by atoms with Crippen LogP contribution in [-0.4, -0.2) is 35.5 Å². The van der Waals surface area contributed by atoms with Crippen LogP contribution in [0.15, 0.2) is 0 Å². The van der Waals surface area contributed by atoms with Gasteiger partial charge >= 0.3 is 24.3 Å². The predicted octanol–water partition coefficient (Wildman–Crippen LogP) is 6.57. The van der Waals surface area contributed by atoms with E-state index in [0.717, 1.165) is 0 Å². The van der Waals surface area contributed by atoms with Crippen LogP contribution in [0.4, 0.5) is 26.3 Å². The molecule has 0 unspecified atom stereocenters. The van der Waals surface area contributed by atoms with Crippen LogP contribution in [0.3, 0.4) is 0 Å². The lowest BCUT2D eigenvalue weighted by Crippen LogP contribution is -2.18. The Morgan fingerprint density at radius 2 is 1.14 bits per heavy atom. The Morgan fingerprint density at radius 3 is 1.55 bits per heavy atom. The van der Waals surface area contributed by atoms with E-state index in [9.17, 15) is 35.9 Å². The van der Waals surface area contributed by atoms with Gasteiger partial charge in [0.2, 0.25) is 0 Å². The number of halogens is 6. The predicted molar refractivity (Wildman–Crippen MR) is 94.3 cm³/mol. The third-order valence-corrected chi connectivity index (χ3v) is 4.29. The van der Waals surface area contributed by atoms with Gasteiger partial charge in [-0.2, -0.15) is 26.3 Å². The number of esters is 1. The van der Waals surface area contributed by atoms with Crippen LogP contribution in [0, 0.1) is 0 Å². The fourth-order valence-corrected chi connectivity index (χ4v) is 2.80. The first-order valence-electron chi connectivity index (χ1n) is 9.94. The van der Waals surface area contributed by atoms with Gasteiger partial charge in [-0.15, -0.1) is 0 Å². The van der Waals surface area contributed by atoms with Crippen molar-refractivity contribution >= 4 is 11.9 Å². The number of hydrogen-bond donors (Lipinski definition) is 1. The van der Waals surface area contributed by atoms with Crippen molar-refractivity contribution in [2.24, 2.45) is 0 Å². The molecule has 0 fully saturated rings. The van der Waals surface area contributed by atoms with Crippen molar-refractivity contribution in [3.05, 3.63) is 0 Å². The highest BCUT2D eigenvalue weighted by molar-refractivity contribution is 5.70. The molecule has 4 nitrogen and oxygen atoms in total. The molecule has 0 radical (unpaired) electrons. The van der Waals surface area contributed by atoms with Crippen LogP contribution in [0.25, 0.3) is 0 Å². The van der Waals surface area contributed by atoms with Gasteiger partial charge in [-0.05, 0) is 51.4 Å². The summed E-state index contributed by atoms with van der Waals surface area (Å²) in [5, 5.41) is 8.55. The molecule has 0 rings (SSSR count). The maximum Gasteiger partial charge on any atom is 0.389 e. The maximum absolute atomic E-state index is 12.1. The molecule has 0 aromatic rings. The Balaban J connectivity index is 4.25. The quantitative estimate of drug-likeness (QED) is 0.169. The van der Waals surface area contributed by atoms with E-state index >= 15 is 0 Å². The van der Waals surface area contributed by atoms with Gasteiger partial charge in [0.25, 0.3) is 0 Å². The standard InChI is InChI=1S/C19H30F6O4/c20-18(21,22)13-7-1-3-9-15(10-4-2-8-14-19(23,24)25)29-17(28)12-6-5-11-16(26)27/h15H,1-14H2,(H,26,27). The van der Waals surface area contributed by atoms with Crippen molar-refractivity contribution in [1.82, 2.24) is 0 Å². The van der Waals surface area contributed by atoms with Gasteiger partial charge in [0.05, 0.1) is 0 Å². The van der Waals surface area contributed by atoms with Crippen LogP contribution in [0.2, 0.25) is 0 Å². The molecule has 0 saturated carbocycles. The highest BCUT2D eigenvalue weighted by Crippen LogP contribution is 2.25. The zero-order chi connectivity index (χ0) is 22.3. The molecular formula is C19H30F6O4. The summed E-state index contributed by atoms with van der Waals surface area (Å²) >= 11 is 0. The molecule has 0 aromatic heterocycles. The second-order valence-electron chi connectivity index (χ2n) is 7.14. The largest absolute Gasteiger partial charge is 0.481 e. The average Bonchev–Trinajstić information content (AvgIpc) is 2.55. The molecule has 0 bridgehead atoms. The molecule has 0 amide bonds. The fraction of sp³-hybridized carbons (Fsp3) is 0.895. The minimum absolute atomic E-state index is 0.0229. The molecule has 0 aromatic carbocycles. The summed E-state index contributed by atoms with van der Waals surface area (Å²) in [4.78, 5) is 22.3. The first-order valence-corrected chi connectivity index (χ1v) is 9.94. The minimum Gasteiger partial charge on any atom is -0.481 e. The first-order chi connectivity index (χ1) is 13.4. The van der Waals surface area contributed by atoms with Crippen LogP contribution in [0.5, 0.6) is 0 Å². The molecule has 0 aliphatic heterocycles. The van der Waals surface area contributed by atoms with Gasteiger partial charge in [-0.1, -0.05) is 12.8 Å². The molecule has 0 aliphatic rings. The number of carboxylic acids is 1. The van der Waals surface area contributed by atoms with Gasteiger partial charge in [0, 0.05) is 25.7 Å². The number of rotatable bonds is 16. The van der Waals surface area contributed by atoms with E-state index in [1.165, 1.54) is 0 Å². The van der Waals surface area contributed by atoms with Gasteiger partial charge in [-0.3, -0.25) is 9.59 Å². The van der Waals surface area contributed by atoms with E-state index in [-0.39, 0.29) is 25.7 Å². The molecule has 172 valence electrons. The molecule has 1 N–H and O–H groups in total. The highest BCUT2D eigenvalue weighted by atomic mass is 19.4. The lowest BCUT2D eigenvalue weighted by atomic mass is 10.0. The molecule has 0 atom stereocenters. The smallest absolute Gasteiger partial charge is 0.389 e. The molecule has 10 heteroatoms. The minimum atomic E-state index is -4.21. The van der Waals surface area contributed by atoms with Crippen molar-refractivity contribution < 1.29 is 45.8 Å². The molecule has 0 spiro atoms. The van der Waals surface area contributed by atoms with Crippen LogP contribution in [-0.2, 0) is 14.3 Å². The number of hydrogen-bond acceptors (Lipinski definition) is 3. The van der Waals surface area contributed by atoms with Gasteiger partial charge < -0.3 is 9.84 Å². The second-order valence-corrected chi connectivity index (χ2v) is 7.14. The SMILES string of the molecule is O=C(O)CCCCC(=O)OC(CCCCCC(F)(F)F)CCCCCC(F)(F)F. The van der Waals surface area contributed by atoms with Crippen LogP contribution < -0.4 is 0 Å². The zero-order valence-electron chi connectivity index (χ0n) is 16.4. The van der Waals surface area contributed by atoms with Crippen molar-refractivity contribution in [2.45, 2.75) is 108 Å². The number of aliphatic carboxylic acids is 1. The number of carboxylic acid groups (broad SMARTS) is 1. The summed E-state index contributed by atoms with van der Waals surface area (Å²) in [6, 6.07) is 0. The average molecular weight is 436 g/mol. The van der Waals surface area contributed by atoms with Crippen molar-refractivity contribution in [3.63, 3.8) is 0 Å². The van der Waals surface area contributed by atoms with Gasteiger partial charge in [0.15, 0.2) is 0 Å². The highest BCUT2D eigenvalue weighted by Gasteiger charge is 2.27. The van der Waals surface area contributed by atoms with Gasteiger partial charge in [0.1, 0.15) is 6.10 Å². The van der Waals surface area contributed by atoms with Crippen molar-refractivity contribution in [1.29, 1.82) is 0 Å². The zero-order valence-corrected chi connectivity index (χ0v) is 16.4. The Labute approximate surface area is 167 Å². The summed E-state index contributed by atoms with van der Waals surface area (Å²) in [5.41, 5.74) is 0. The third kappa shape index (κ3) is 21.1. The lowest BCUT2D eigenvalue weighted by molar-refractivity contribution is -0.150. The summed E-state index contributed by atoms with van der Waals surface area (Å²) in [7, 11) is 0. The second kappa shape index (κ2) is 14.5. The number of unbranched alkanes of at least 4 members (excludes halogenated alkanes) is 5. The van der Waals surface area contributed by atoms with E-state index in [4.69, 9.17) is 9.84 Å². The van der Waals surface area contributed by atoms with Gasteiger partial charge in [-0.25, -0.2) is 0 Å². The lowest BCUT2D eigenvalue weighted by Gasteiger charge is -2.18. The Hall–Kier alpha value is -1.48. The van der Waals surface area contributed by atoms with Crippen molar-refractivity contribution in [2.75, 3.05) is 0 Å². The fourth-order valence-electron chi connectivity index (χ4n) is 2.80. The Bertz CT molecular complexity index is 439. The van der Waals surface area contributed by atoms with E-state index in [1.54, 1.807) is 0 Å². The monoisotopic (exact) mass is 436 g/mol. The van der Waals surface area contributed by atoms with E-state index in [2.05, 4.69) is 0 Å². The number of ether oxygens (including phenoxy) is 1. The number of carbonyl (C=O) groups is 2. The molecule has 0 aliphatic carbocycles. The summed E-state index contributed by atoms with van der Waals surface area (Å²) in [5.74, 6) is -1.49. The maximum atomic E-state index is 12.1. The van der Waals surface area contributed by atoms with E-state index < -0.39 is 43.2 Å². The summed E-state index contributed by atoms with van der Waals surface area (Å²) < 4.78 is 78.2. The molecule has 0 heterocycles. The number of carbonyl (C=O) groups excluding carboxylic acids is 1. The molecule has 0 saturated heterocycles. The first kappa shape index (κ1) is 27.5. The normalized spacial score (nSPS) is 12.4. The topological polar surface area (TPSA) is 63.6 Å². The van der Waals surface area contributed by atoms with E-state index in [0.29, 0.717) is 51.4 Å². The number of alkyl halides is 6. The third-order valence-electron chi connectivity index (χ3n) is 4.29. The van der Waals surface area contributed by atoms with Crippen LogP contribution >= 0.6 is 0 Å². The Morgan fingerprint density at radius 1 is 0.690 bits per heavy atom. The van der Waals surface area contributed by atoms with Crippen molar-refractivity contribution in [3.8, 4) is 0 Å². The Kier molecular flexibility index (Phi) is 13.8. The molecule has 29 heavy (non-hydrogen) atoms. The summed E-state index contributed by atoms with van der Waals surface area (Å²) in [6.07, 6.45) is -7.91. The van der Waals surface area contributed by atoms with Crippen LogP contribution in [0.1, 0.15) is 89.9 Å². The van der Waals surface area contributed by atoms with E-state index in [1.807, 2.05) is 0 Å². The molecular weight excluding hydrogens is 406 g/mol. The summed E-state index contributed by atoms with van der Waals surface area (Å²) in [6.45, 7) is 0.